The Hall–Kier alpha value is -1.24. The van der Waals surface area contributed by atoms with E-state index < -0.39 is 10.0 Å². The molecule has 0 saturated carbocycles. The maximum absolute atomic E-state index is 11.9. The van der Waals surface area contributed by atoms with Crippen LogP contribution in [0.3, 0.4) is 0 Å². The zero-order chi connectivity index (χ0) is 18.4. The molecule has 0 atom stereocenters. The van der Waals surface area contributed by atoms with E-state index in [0.29, 0.717) is 19.0 Å². The highest BCUT2D eigenvalue weighted by Crippen LogP contribution is 2.16. The first-order valence-electron chi connectivity index (χ1n) is 7.75. The highest BCUT2D eigenvalue weighted by Gasteiger charge is 2.11. The maximum atomic E-state index is 11.9. The van der Waals surface area contributed by atoms with Crippen LogP contribution >= 0.6 is 35.3 Å². The van der Waals surface area contributed by atoms with Gasteiger partial charge in [0.05, 0.1) is 17.1 Å². The Balaban J connectivity index is 0.00000338. The first-order valence-corrected chi connectivity index (χ1v) is 10.1. The topological polar surface area (TPSA) is 95.5 Å². The SMILES string of the molecule is CN=C(NCc1cccc(S(=O)(=O)NC)c1)NCc1nc(C)c(C)s1.I. The van der Waals surface area contributed by atoms with E-state index in [1.807, 2.05) is 13.0 Å². The van der Waals surface area contributed by atoms with Crippen LogP contribution in [-0.2, 0) is 23.1 Å². The van der Waals surface area contributed by atoms with E-state index in [1.165, 1.54) is 11.9 Å². The number of nitrogens with one attached hydrogen (secondary N) is 3. The number of guanidine groups is 1. The van der Waals surface area contributed by atoms with Gasteiger partial charge in [0.1, 0.15) is 5.01 Å². The molecule has 0 saturated heterocycles. The van der Waals surface area contributed by atoms with E-state index in [1.54, 1.807) is 36.6 Å². The van der Waals surface area contributed by atoms with E-state index in [-0.39, 0.29) is 28.9 Å². The second kappa shape index (κ2) is 10.2. The molecule has 0 fully saturated rings. The first-order chi connectivity index (χ1) is 11.9. The first kappa shape index (κ1) is 22.8. The molecule has 2 aromatic rings. The summed E-state index contributed by atoms with van der Waals surface area (Å²) in [6.45, 7) is 5.10. The number of aromatic nitrogens is 1. The summed E-state index contributed by atoms with van der Waals surface area (Å²) in [5.41, 5.74) is 1.90. The fraction of sp³-hybridized carbons (Fsp3) is 0.375. The second-order valence-corrected chi connectivity index (χ2v) is 8.56. The number of rotatable bonds is 6. The predicted octanol–water partition coefficient (Wildman–Crippen LogP) is 2.15. The standard InChI is InChI=1S/C16H23N5O2S2.HI/c1-11-12(2)24-15(21-11)10-20-16(17-3)19-9-13-6-5-7-14(8-13)25(22,23)18-4;/h5-8,18H,9-10H2,1-4H3,(H2,17,19,20);1H. The van der Waals surface area contributed by atoms with Crippen LogP contribution in [0.4, 0.5) is 0 Å². The van der Waals surface area contributed by atoms with Gasteiger partial charge < -0.3 is 10.6 Å². The third-order valence-corrected chi connectivity index (χ3v) is 6.13. The van der Waals surface area contributed by atoms with Crippen molar-refractivity contribution in [3.8, 4) is 0 Å². The molecule has 0 aliphatic rings. The van der Waals surface area contributed by atoms with Crippen molar-refractivity contribution in [2.45, 2.75) is 31.8 Å². The molecule has 1 aromatic carbocycles. The molecule has 1 aromatic heterocycles. The van der Waals surface area contributed by atoms with Gasteiger partial charge in [0, 0.05) is 18.5 Å². The van der Waals surface area contributed by atoms with Crippen molar-refractivity contribution < 1.29 is 8.42 Å². The fourth-order valence-electron chi connectivity index (χ4n) is 2.12. The van der Waals surface area contributed by atoms with E-state index in [4.69, 9.17) is 0 Å². The summed E-state index contributed by atoms with van der Waals surface area (Å²) >= 11 is 1.66. The Morgan fingerprint density at radius 3 is 2.50 bits per heavy atom. The monoisotopic (exact) mass is 509 g/mol. The summed E-state index contributed by atoms with van der Waals surface area (Å²) in [6.07, 6.45) is 0. The lowest BCUT2D eigenvalue weighted by Crippen LogP contribution is -2.36. The normalized spacial score (nSPS) is 11.8. The molecule has 0 aliphatic carbocycles. The lowest BCUT2D eigenvalue weighted by molar-refractivity contribution is 0.588. The largest absolute Gasteiger partial charge is 0.352 e. The van der Waals surface area contributed by atoms with E-state index in [2.05, 4.69) is 32.3 Å². The molecule has 0 aliphatic heterocycles. The van der Waals surface area contributed by atoms with Crippen LogP contribution in [0.2, 0.25) is 0 Å². The molecule has 2 rings (SSSR count). The number of thiazole rings is 1. The van der Waals surface area contributed by atoms with Gasteiger partial charge in [-0.25, -0.2) is 18.1 Å². The number of aliphatic imine (C=N–C) groups is 1. The third-order valence-electron chi connectivity index (χ3n) is 3.64. The quantitative estimate of drug-likeness (QED) is 0.315. The number of aryl methyl sites for hydroxylation is 2. The highest BCUT2D eigenvalue weighted by molar-refractivity contribution is 14.0. The third kappa shape index (κ3) is 6.18. The van der Waals surface area contributed by atoms with Crippen LogP contribution in [-0.4, -0.2) is 33.5 Å². The lowest BCUT2D eigenvalue weighted by Gasteiger charge is -2.11. The van der Waals surface area contributed by atoms with Crippen molar-refractivity contribution >= 4 is 51.3 Å². The maximum Gasteiger partial charge on any atom is 0.240 e. The molecule has 0 amide bonds. The minimum atomic E-state index is -3.44. The smallest absolute Gasteiger partial charge is 0.240 e. The van der Waals surface area contributed by atoms with Crippen molar-refractivity contribution in [2.75, 3.05) is 14.1 Å². The lowest BCUT2D eigenvalue weighted by atomic mass is 10.2. The van der Waals surface area contributed by atoms with E-state index in [0.717, 1.165) is 16.3 Å². The van der Waals surface area contributed by atoms with Crippen molar-refractivity contribution in [1.82, 2.24) is 20.3 Å². The Morgan fingerprint density at radius 2 is 1.92 bits per heavy atom. The molecule has 0 spiro atoms. The number of benzene rings is 1. The van der Waals surface area contributed by atoms with Crippen LogP contribution in [0.1, 0.15) is 21.1 Å². The van der Waals surface area contributed by atoms with Crippen LogP contribution in [0.5, 0.6) is 0 Å². The molecule has 0 unspecified atom stereocenters. The van der Waals surface area contributed by atoms with Gasteiger partial charge in [-0.05, 0) is 38.6 Å². The zero-order valence-electron chi connectivity index (χ0n) is 15.2. The predicted molar refractivity (Wildman–Crippen MR) is 117 cm³/mol. The number of hydrogen-bond acceptors (Lipinski definition) is 5. The Bertz CT molecular complexity index is 846. The Morgan fingerprint density at radius 1 is 1.23 bits per heavy atom. The molecule has 144 valence electrons. The fourth-order valence-corrected chi connectivity index (χ4v) is 3.79. The van der Waals surface area contributed by atoms with Crippen molar-refractivity contribution in [2.24, 2.45) is 4.99 Å². The van der Waals surface area contributed by atoms with E-state index >= 15 is 0 Å². The van der Waals surface area contributed by atoms with Gasteiger partial charge >= 0.3 is 0 Å². The summed E-state index contributed by atoms with van der Waals surface area (Å²) in [6, 6.07) is 6.79. The molecule has 10 heteroatoms. The molecular formula is C16H24IN5O2S2. The van der Waals surface area contributed by atoms with Gasteiger partial charge in [-0.1, -0.05) is 12.1 Å². The van der Waals surface area contributed by atoms with Gasteiger partial charge in [0.25, 0.3) is 0 Å². The number of hydrogen-bond donors (Lipinski definition) is 3. The van der Waals surface area contributed by atoms with Crippen LogP contribution in [0.25, 0.3) is 0 Å². The van der Waals surface area contributed by atoms with Gasteiger partial charge in [0.15, 0.2) is 5.96 Å². The van der Waals surface area contributed by atoms with Crippen LogP contribution in [0.15, 0.2) is 34.2 Å². The Labute approximate surface area is 175 Å². The number of nitrogens with zero attached hydrogens (tertiary/aromatic N) is 2. The number of sulfonamides is 1. The summed E-state index contributed by atoms with van der Waals surface area (Å²) in [4.78, 5) is 10.1. The molecule has 0 radical (unpaired) electrons. The Kier molecular flexibility index (Phi) is 8.93. The average Bonchev–Trinajstić information content (AvgIpc) is 2.93. The zero-order valence-corrected chi connectivity index (χ0v) is 19.1. The minimum absolute atomic E-state index is 0. The molecule has 1 heterocycles. The van der Waals surface area contributed by atoms with Crippen LogP contribution < -0.4 is 15.4 Å². The van der Waals surface area contributed by atoms with Gasteiger partial charge in [0.2, 0.25) is 10.0 Å². The van der Waals surface area contributed by atoms with Gasteiger partial charge in [-0.3, -0.25) is 4.99 Å². The highest BCUT2D eigenvalue weighted by atomic mass is 127. The molecule has 0 bridgehead atoms. The van der Waals surface area contributed by atoms with Gasteiger partial charge in [-0.15, -0.1) is 35.3 Å². The minimum Gasteiger partial charge on any atom is -0.352 e. The van der Waals surface area contributed by atoms with E-state index in [9.17, 15) is 8.42 Å². The van der Waals surface area contributed by atoms with Gasteiger partial charge in [-0.2, -0.15) is 0 Å². The average molecular weight is 509 g/mol. The second-order valence-electron chi connectivity index (χ2n) is 5.38. The van der Waals surface area contributed by atoms with Crippen molar-refractivity contribution in [3.05, 3.63) is 45.4 Å². The summed E-state index contributed by atoms with van der Waals surface area (Å²) in [5, 5.41) is 7.38. The number of halogens is 1. The van der Waals surface area contributed by atoms with Crippen LogP contribution in [0, 0.1) is 13.8 Å². The van der Waals surface area contributed by atoms with Crippen molar-refractivity contribution in [1.29, 1.82) is 0 Å². The molecule has 3 N–H and O–H groups in total. The molecular weight excluding hydrogens is 485 g/mol. The summed E-state index contributed by atoms with van der Waals surface area (Å²) < 4.78 is 26.0. The summed E-state index contributed by atoms with van der Waals surface area (Å²) in [5.74, 6) is 0.632. The molecule has 7 nitrogen and oxygen atoms in total. The summed E-state index contributed by atoms with van der Waals surface area (Å²) in [7, 11) is -0.356. The van der Waals surface area contributed by atoms with Crippen molar-refractivity contribution in [3.63, 3.8) is 0 Å². The molecule has 26 heavy (non-hydrogen) atoms.